The second-order valence-electron chi connectivity index (χ2n) is 27.8. The monoisotopic (exact) mass is 1530 g/mol. The van der Waals surface area contributed by atoms with Crippen molar-refractivity contribution in [2.45, 2.75) is 75.5 Å². The average Bonchev–Trinajstić information content (AvgIpc) is 1.62. The third-order valence-corrected chi connectivity index (χ3v) is 20.9. The summed E-state index contributed by atoms with van der Waals surface area (Å²) in [7, 11) is 0. The summed E-state index contributed by atoms with van der Waals surface area (Å²) in [5.41, 5.74) is 17.0. The number of ether oxygens (including phenoxy) is 4. The number of nitrogens with two attached hydrogens (primary N) is 2. The van der Waals surface area contributed by atoms with Gasteiger partial charge in [0.05, 0.1) is 99.6 Å². The molecule has 12 aliphatic rings. The number of carbonyl (C=O) groups excluding carboxylic acids is 4. The minimum Gasteiger partial charge on any atom is -0.476 e. The molecule has 12 aliphatic heterocycles. The van der Waals surface area contributed by atoms with Crippen LogP contribution in [0.4, 0.5) is 40.8 Å². The lowest BCUT2D eigenvalue weighted by Crippen LogP contribution is -2.32. The van der Waals surface area contributed by atoms with Crippen molar-refractivity contribution >= 4 is 81.3 Å². The minimum atomic E-state index is -0.416. The largest absolute Gasteiger partial charge is 0.476 e. The maximum Gasteiger partial charge on any atom is 0.259 e. The van der Waals surface area contributed by atoms with E-state index in [0.29, 0.717) is 116 Å². The summed E-state index contributed by atoms with van der Waals surface area (Å²) in [6.45, 7) is 5.43. The molecular weight excluding hydrogens is 1460 g/mol. The number of rotatable bonds is 0. The maximum absolute atomic E-state index is 14.0. The number of aliphatic imine (C=N–C) groups is 2. The van der Waals surface area contributed by atoms with Gasteiger partial charge in [-0.05, 0) is 99.9 Å². The first kappa shape index (κ1) is 71.6. The van der Waals surface area contributed by atoms with Gasteiger partial charge in [0.2, 0.25) is 23.5 Å². The van der Waals surface area contributed by atoms with Crippen LogP contribution in [0.15, 0.2) is 131 Å². The van der Waals surface area contributed by atoms with Crippen LogP contribution in [0.3, 0.4) is 0 Å². The van der Waals surface area contributed by atoms with Gasteiger partial charge in [0.1, 0.15) is 107 Å². The Hall–Kier alpha value is -13.3. The van der Waals surface area contributed by atoms with Crippen LogP contribution < -0.4 is 61.5 Å². The molecule has 0 aliphatic carbocycles. The first-order chi connectivity index (χ1) is 54.5. The van der Waals surface area contributed by atoms with E-state index in [0.717, 1.165) is 102 Å². The molecule has 0 saturated carbocycles. The fourth-order valence-corrected chi connectivity index (χ4v) is 16.0. The molecule has 4 fully saturated rings. The quantitative estimate of drug-likeness (QED) is 0.0893. The molecule has 4 saturated heterocycles. The zero-order valence-electron chi connectivity index (χ0n) is 60.1. The molecule has 4 amide bonds. The standard InChI is InChI=1S/2C19H19FN6O2.2C18H18FN7O2/c2*20-11-8-12-14-2-1-5-26(14)15-3-6-25-10-13(21)16(17(25)24-15)18(27)22-4-7-28-19(12)23-9-11;2*19-10-8-11-12-2-1-5-25(12)13-3-6-26-16(23-13)14(15(20)24-26)17(27)21-4-7-28-18(11)22-9-10/h2*3,6,8-9,14,21H,1-2,4-5,7,10H2,(H,22,27);2*3,6,8-9,12H,1-2,4-5,7H2,(H2,20,24)(H,21,27). The summed E-state index contributed by atoms with van der Waals surface area (Å²) in [6.07, 6.45) is 22.5. The number of hydrogen-bond donors (Lipinski definition) is 8. The zero-order chi connectivity index (χ0) is 77.0. The Morgan fingerprint density at radius 2 is 0.768 bits per heavy atom. The summed E-state index contributed by atoms with van der Waals surface area (Å²) in [6, 6.07) is 9.03. The van der Waals surface area contributed by atoms with Gasteiger partial charge in [-0.25, -0.2) is 66.5 Å². The number of anilines is 4. The molecule has 20 rings (SSSR count). The van der Waals surface area contributed by atoms with E-state index >= 15 is 0 Å². The molecule has 10 N–H and O–H groups in total. The summed E-state index contributed by atoms with van der Waals surface area (Å²) >= 11 is 0. The number of amidine groups is 2. The van der Waals surface area contributed by atoms with E-state index in [1.54, 1.807) is 22.2 Å². The Bertz CT molecular complexity index is 5080. The van der Waals surface area contributed by atoms with Gasteiger partial charge in [-0.3, -0.25) is 19.2 Å². The molecule has 4 atom stereocenters. The van der Waals surface area contributed by atoms with Crippen molar-refractivity contribution in [3.63, 3.8) is 0 Å². The molecule has 0 spiro atoms. The third kappa shape index (κ3) is 13.6. The van der Waals surface area contributed by atoms with Crippen molar-refractivity contribution in [1.82, 2.24) is 90.0 Å². The number of fused-ring (bicyclic) bond motifs is 18. The predicted octanol–water partition coefficient (Wildman–Crippen LogP) is 5.30. The summed E-state index contributed by atoms with van der Waals surface area (Å²) in [5.74, 6) is 2.36. The molecule has 8 aromatic rings. The fourth-order valence-electron chi connectivity index (χ4n) is 16.0. The summed E-state index contributed by atoms with van der Waals surface area (Å²) in [5, 5.41) is 35.8. The van der Waals surface area contributed by atoms with Crippen LogP contribution in [0.5, 0.6) is 23.5 Å². The average molecular weight is 1530 g/mol. The second kappa shape index (κ2) is 29.9. The van der Waals surface area contributed by atoms with Crippen molar-refractivity contribution in [2.75, 3.05) is 113 Å². The molecule has 20 heterocycles. The second-order valence-corrected chi connectivity index (χ2v) is 27.8. The van der Waals surface area contributed by atoms with E-state index in [2.05, 4.69) is 81.0 Å². The Morgan fingerprint density at radius 3 is 1.12 bits per heavy atom. The van der Waals surface area contributed by atoms with Crippen LogP contribution in [0.1, 0.15) is 119 Å². The van der Waals surface area contributed by atoms with Gasteiger partial charge in [0.15, 0.2) is 22.9 Å². The van der Waals surface area contributed by atoms with Crippen LogP contribution in [-0.2, 0) is 9.59 Å². The normalized spacial score (nSPS) is 21.6. The number of nitrogens with zero attached hydrogens (tertiary/aromatic N) is 18. The van der Waals surface area contributed by atoms with E-state index < -0.39 is 23.3 Å². The van der Waals surface area contributed by atoms with Gasteiger partial charge < -0.3 is 91.9 Å². The molecule has 4 unspecified atom stereocenters. The van der Waals surface area contributed by atoms with Crippen molar-refractivity contribution in [3.05, 3.63) is 178 Å². The highest BCUT2D eigenvalue weighted by molar-refractivity contribution is 6.24. The van der Waals surface area contributed by atoms with Gasteiger partial charge in [0, 0.05) is 73.2 Å². The first-order valence-corrected chi connectivity index (χ1v) is 36.8. The third-order valence-electron chi connectivity index (χ3n) is 20.9. The van der Waals surface area contributed by atoms with Gasteiger partial charge >= 0.3 is 0 Å². The molecule has 34 nitrogen and oxygen atoms in total. The van der Waals surface area contributed by atoms with Crippen LogP contribution in [-0.4, -0.2) is 207 Å². The van der Waals surface area contributed by atoms with Gasteiger partial charge in [-0.1, -0.05) is 0 Å². The van der Waals surface area contributed by atoms with Crippen LogP contribution in [0.25, 0.3) is 11.3 Å². The summed E-state index contributed by atoms with van der Waals surface area (Å²) < 4.78 is 81.9. The highest BCUT2D eigenvalue weighted by Gasteiger charge is 2.41. The number of hydrogen-bond acceptors (Lipinski definition) is 28. The van der Waals surface area contributed by atoms with Crippen molar-refractivity contribution in [3.8, 4) is 23.5 Å². The number of aromatic nitrogens is 10. The lowest BCUT2D eigenvalue weighted by molar-refractivity contribution is -0.118. The molecular formula is C74H74F4N26O8. The van der Waals surface area contributed by atoms with Gasteiger partial charge in [-0.15, -0.1) is 10.2 Å². The number of amides is 4. The van der Waals surface area contributed by atoms with Crippen LogP contribution in [0.2, 0.25) is 0 Å². The van der Waals surface area contributed by atoms with Gasteiger partial charge in [-0.2, -0.15) is 0 Å². The zero-order valence-corrected chi connectivity index (χ0v) is 60.1. The summed E-state index contributed by atoms with van der Waals surface area (Å²) in [4.78, 5) is 97.7. The highest BCUT2D eigenvalue weighted by Crippen LogP contribution is 2.44. The topological polar surface area (TPSA) is 409 Å². The maximum atomic E-state index is 14.0. The van der Waals surface area contributed by atoms with E-state index in [9.17, 15) is 36.7 Å². The Morgan fingerprint density at radius 1 is 0.446 bits per heavy atom. The van der Waals surface area contributed by atoms with Gasteiger partial charge in [0.25, 0.3) is 23.6 Å². The van der Waals surface area contributed by atoms with E-state index in [-0.39, 0.29) is 135 Å². The number of halogens is 4. The molecule has 38 heteroatoms. The molecule has 8 aromatic heterocycles. The Balaban J connectivity index is 0.000000108. The Labute approximate surface area is 635 Å². The SMILES string of the molecule is N=C1CN2C=CC3=NC2=C1C(=O)NCCOc1ncc(F)cc1C1CCCN31.N=C1CN2C=CC3=NC2=C1C(=O)NCCOc1ncc(F)cc1C1CCCN31.Nc1nn2ccc3nc2c1C(=O)NCCOc1ncc(F)cc1C1CCCN31.Nc1nn2ccc3nc2c1C(=O)NCCOc1ncc(F)cc1C1CCCN31. The van der Waals surface area contributed by atoms with E-state index in [1.807, 2.05) is 36.7 Å². The van der Waals surface area contributed by atoms with Crippen molar-refractivity contribution < 1.29 is 55.7 Å². The minimum absolute atomic E-state index is 0.109. The van der Waals surface area contributed by atoms with Crippen LogP contribution >= 0.6 is 0 Å². The lowest BCUT2D eigenvalue weighted by Gasteiger charge is -2.30. The molecule has 112 heavy (non-hydrogen) atoms. The predicted molar refractivity (Wildman–Crippen MR) is 396 cm³/mol. The first-order valence-electron chi connectivity index (χ1n) is 36.8. The van der Waals surface area contributed by atoms with E-state index in [1.165, 1.54) is 33.3 Å². The fraction of sp³-hybridized carbons (Fsp3) is 0.351. The number of carbonyl (C=O) groups is 4. The number of nitrogen functional groups attached to an aromatic ring is 2. The van der Waals surface area contributed by atoms with Crippen molar-refractivity contribution in [2.24, 2.45) is 9.98 Å². The van der Waals surface area contributed by atoms with E-state index in [4.69, 9.17) is 51.2 Å². The number of pyridine rings is 4. The number of nitrogens with one attached hydrogen (secondary N) is 6. The molecule has 8 bridgehead atoms. The molecule has 0 aromatic carbocycles. The van der Waals surface area contributed by atoms with Crippen LogP contribution in [0, 0.1) is 34.1 Å². The van der Waals surface area contributed by atoms with Crippen molar-refractivity contribution in [1.29, 1.82) is 10.8 Å². The lowest BCUT2D eigenvalue weighted by atomic mass is 10.1. The molecule has 576 valence electrons. The molecule has 0 radical (unpaired) electrons. The smallest absolute Gasteiger partial charge is 0.259 e. The Kier molecular flexibility index (Phi) is 19.1. The highest BCUT2D eigenvalue weighted by atomic mass is 19.1.